The number of nitrogens with zero attached hydrogens (tertiary/aromatic N) is 3. The first-order chi connectivity index (χ1) is 13.3. The van der Waals surface area contributed by atoms with E-state index in [9.17, 15) is 9.59 Å². The number of hydrogen-bond acceptors (Lipinski definition) is 3. The second kappa shape index (κ2) is 8.54. The third-order valence-electron chi connectivity index (χ3n) is 6.45. The second-order valence-electron chi connectivity index (χ2n) is 8.86. The highest BCUT2D eigenvalue weighted by molar-refractivity contribution is 5.85. The molecule has 0 spiro atoms. The summed E-state index contributed by atoms with van der Waals surface area (Å²) in [5.41, 5.74) is 3.92. The number of carbonyl (C=O) groups is 2. The molecule has 2 fully saturated rings. The molecular weight excluding hydrogens is 350 g/mol. The molecule has 5 heteroatoms. The van der Waals surface area contributed by atoms with Crippen LogP contribution in [-0.2, 0) is 9.59 Å². The molecule has 3 rings (SSSR count). The van der Waals surface area contributed by atoms with E-state index >= 15 is 0 Å². The van der Waals surface area contributed by atoms with Crippen LogP contribution < -0.4 is 4.90 Å². The minimum Gasteiger partial charge on any atom is -0.368 e. The molecule has 0 bridgehead atoms. The van der Waals surface area contributed by atoms with E-state index in [0.29, 0.717) is 18.8 Å². The van der Waals surface area contributed by atoms with Crippen molar-refractivity contribution in [3.8, 4) is 0 Å². The first kappa shape index (κ1) is 20.7. The molecule has 0 unspecified atom stereocenters. The van der Waals surface area contributed by atoms with E-state index in [1.807, 2.05) is 16.7 Å². The average molecular weight is 386 g/mol. The summed E-state index contributed by atoms with van der Waals surface area (Å²) >= 11 is 0. The van der Waals surface area contributed by atoms with E-state index in [4.69, 9.17) is 0 Å². The zero-order valence-electron chi connectivity index (χ0n) is 18.1. The van der Waals surface area contributed by atoms with Crippen LogP contribution in [-0.4, -0.2) is 60.4 Å². The fraction of sp³-hybridized carbons (Fsp3) is 0.652. The van der Waals surface area contributed by atoms with Crippen LogP contribution in [0.2, 0.25) is 0 Å². The van der Waals surface area contributed by atoms with Crippen molar-refractivity contribution in [1.82, 2.24) is 9.80 Å². The van der Waals surface area contributed by atoms with Gasteiger partial charge in [-0.3, -0.25) is 9.59 Å². The van der Waals surface area contributed by atoms with Crippen LogP contribution in [0.25, 0.3) is 0 Å². The van der Waals surface area contributed by atoms with Gasteiger partial charge in [0.2, 0.25) is 11.8 Å². The van der Waals surface area contributed by atoms with Gasteiger partial charge in [0.1, 0.15) is 0 Å². The lowest BCUT2D eigenvalue weighted by atomic mass is 9.87. The maximum Gasteiger partial charge on any atom is 0.227 e. The summed E-state index contributed by atoms with van der Waals surface area (Å²) in [5.74, 6) is 0.782. The first-order valence-electron chi connectivity index (χ1n) is 10.7. The molecule has 0 radical (unpaired) electrons. The molecule has 2 heterocycles. The van der Waals surface area contributed by atoms with Gasteiger partial charge in [-0.1, -0.05) is 26.0 Å². The summed E-state index contributed by atoms with van der Waals surface area (Å²) in [5, 5.41) is 0. The quantitative estimate of drug-likeness (QED) is 0.799. The van der Waals surface area contributed by atoms with Crippen LogP contribution in [0.5, 0.6) is 0 Å². The summed E-state index contributed by atoms with van der Waals surface area (Å²) in [6.07, 6.45) is 1.18. The Balaban J connectivity index is 1.63. The van der Waals surface area contributed by atoms with E-state index in [2.05, 4.69) is 50.8 Å². The highest BCUT2D eigenvalue weighted by Gasteiger charge is 2.39. The van der Waals surface area contributed by atoms with Crippen molar-refractivity contribution in [2.24, 2.45) is 11.8 Å². The lowest BCUT2D eigenvalue weighted by Gasteiger charge is -2.43. The Bertz CT molecular complexity index is 723. The smallest absolute Gasteiger partial charge is 0.227 e. The topological polar surface area (TPSA) is 43.9 Å². The van der Waals surface area contributed by atoms with Gasteiger partial charge in [-0.25, -0.2) is 0 Å². The third kappa shape index (κ3) is 4.18. The van der Waals surface area contributed by atoms with E-state index in [-0.39, 0.29) is 23.8 Å². The Morgan fingerprint density at radius 3 is 2.46 bits per heavy atom. The molecule has 2 saturated heterocycles. The molecule has 0 aliphatic carbocycles. The van der Waals surface area contributed by atoms with Crippen LogP contribution in [0.3, 0.4) is 0 Å². The monoisotopic (exact) mass is 385 g/mol. The van der Waals surface area contributed by atoms with E-state index in [1.54, 1.807) is 0 Å². The Labute approximate surface area is 169 Å². The Morgan fingerprint density at radius 1 is 1.14 bits per heavy atom. The van der Waals surface area contributed by atoms with Crippen molar-refractivity contribution in [3.05, 3.63) is 29.3 Å². The number of carbonyl (C=O) groups excluding carboxylic acids is 2. The molecule has 28 heavy (non-hydrogen) atoms. The molecule has 0 N–H and O–H groups in total. The Hall–Kier alpha value is -2.04. The maximum absolute atomic E-state index is 13.2. The maximum atomic E-state index is 13.2. The minimum absolute atomic E-state index is 0.00630. The van der Waals surface area contributed by atoms with Gasteiger partial charge in [0.25, 0.3) is 0 Å². The molecular formula is C23H35N3O2. The molecule has 1 aromatic rings. The molecule has 1 aromatic carbocycles. The van der Waals surface area contributed by atoms with Gasteiger partial charge < -0.3 is 14.7 Å². The number of hydrogen-bond donors (Lipinski definition) is 0. The lowest BCUT2D eigenvalue weighted by Crippen LogP contribution is -2.56. The van der Waals surface area contributed by atoms with Crippen LogP contribution in [0.4, 0.5) is 5.69 Å². The zero-order valence-corrected chi connectivity index (χ0v) is 18.1. The molecule has 154 valence electrons. The summed E-state index contributed by atoms with van der Waals surface area (Å²) in [7, 11) is 0. The van der Waals surface area contributed by atoms with E-state index in [0.717, 1.165) is 32.7 Å². The summed E-state index contributed by atoms with van der Waals surface area (Å²) in [4.78, 5) is 31.9. The van der Waals surface area contributed by atoms with Crippen LogP contribution in [0, 0.1) is 25.7 Å². The average Bonchev–Trinajstić information content (AvgIpc) is 2.67. The minimum atomic E-state index is -0.0660. The fourth-order valence-electron chi connectivity index (χ4n) is 4.58. The van der Waals surface area contributed by atoms with E-state index < -0.39 is 0 Å². The van der Waals surface area contributed by atoms with Crippen molar-refractivity contribution >= 4 is 17.5 Å². The standard InChI is InChI=1S/C23H35N3O2/c1-16(2)15-26-19(5)20(9-10-22(26)27)23(28)25-13-11-24(12-14-25)21-8-6-7-17(3)18(21)4/h6-8,16,19-20H,9-15H2,1-5H3/t19-,20-/m1/s1. The van der Waals surface area contributed by atoms with Gasteiger partial charge in [-0.15, -0.1) is 0 Å². The van der Waals surface area contributed by atoms with Crippen LogP contribution >= 0.6 is 0 Å². The number of benzene rings is 1. The predicted octanol–water partition coefficient (Wildman–Crippen LogP) is 3.24. The largest absolute Gasteiger partial charge is 0.368 e. The zero-order chi connectivity index (χ0) is 20.4. The van der Waals surface area contributed by atoms with Crippen molar-refractivity contribution in [3.63, 3.8) is 0 Å². The van der Waals surface area contributed by atoms with Crippen molar-refractivity contribution in [2.45, 2.75) is 53.5 Å². The molecule has 0 aromatic heterocycles. The van der Waals surface area contributed by atoms with Gasteiger partial charge in [0.15, 0.2) is 0 Å². The van der Waals surface area contributed by atoms with Gasteiger partial charge in [0.05, 0.1) is 5.92 Å². The number of amides is 2. The molecule has 2 amide bonds. The van der Waals surface area contributed by atoms with Crippen LogP contribution in [0.1, 0.15) is 44.7 Å². The van der Waals surface area contributed by atoms with Crippen molar-refractivity contribution < 1.29 is 9.59 Å². The number of rotatable bonds is 4. The summed E-state index contributed by atoms with van der Waals surface area (Å²) in [6, 6.07) is 6.43. The van der Waals surface area contributed by atoms with Gasteiger partial charge in [-0.05, 0) is 50.3 Å². The number of anilines is 1. The summed E-state index contributed by atoms with van der Waals surface area (Å²) in [6.45, 7) is 14.6. The van der Waals surface area contributed by atoms with E-state index in [1.165, 1.54) is 16.8 Å². The number of piperazine rings is 1. The van der Waals surface area contributed by atoms with Crippen LogP contribution in [0.15, 0.2) is 18.2 Å². The van der Waals surface area contributed by atoms with Gasteiger partial charge in [-0.2, -0.15) is 0 Å². The normalized spacial score (nSPS) is 23.5. The number of likely N-dealkylation sites (tertiary alicyclic amines) is 1. The summed E-state index contributed by atoms with van der Waals surface area (Å²) < 4.78 is 0. The SMILES string of the molecule is Cc1cccc(N2CCN(C(=O)[C@@H]3CCC(=O)N(CC(C)C)[C@@H]3C)CC2)c1C. The van der Waals surface area contributed by atoms with Gasteiger partial charge in [0, 0.05) is 50.9 Å². The number of piperidine rings is 1. The van der Waals surface area contributed by atoms with Crippen molar-refractivity contribution in [2.75, 3.05) is 37.6 Å². The van der Waals surface area contributed by atoms with Crippen molar-refractivity contribution in [1.29, 1.82) is 0 Å². The fourth-order valence-corrected chi connectivity index (χ4v) is 4.58. The highest BCUT2D eigenvalue weighted by atomic mass is 16.2. The highest BCUT2D eigenvalue weighted by Crippen LogP contribution is 2.29. The lowest BCUT2D eigenvalue weighted by molar-refractivity contribution is -0.147. The van der Waals surface area contributed by atoms with Gasteiger partial charge >= 0.3 is 0 Å². The Kier molecular flexibility index (Phi) is 6.31. The Morgan fingerprint density at radius 2 is 1.82 bits per heavy atom. The first-order valence-corrected chi connectivity index (χ1v) is 10.7. The number of aryl methyl sites for hydroxylation is 1. The molecule has 2 atom stereocenters. The second-order valence-corrected chi connectivity index (χ2v) is 8.86. The molecule has 5 nitrogen and oxygen atoms in total. The molecule has 0 saturated carbocycles. The molecule has 2 aliphatic heterocycles. The predicted molar refractivity (Wildman–Crippen MR) is 113 cm³/mol. The third-order valence-corrected chi connectivity index (χ3v) is 6.45. The molecule has 2 aliphatic rings.